The van der Waals surface area contributed by atoms with E-state index in [1.165, 1.54) is 24.2 Å². The summed E-state index contributed by atoms with van der Waals surface area (Å²) in [6.45, 7) is 3.12. The largest absolute Gasteiger partial charge is 0.369 e. The van der Waals surface area contributed by atoms with Crippen molar-refractivity contribution in [1.29, 1.82) is 0 Å². The molecular formula is C10H17N3OS. The van der Waals surface area contributed by atoms with Gasteiger partial charge in [-0.25, -0.2) is 4.98 Å². The lowest BCUT2D eigenvalue weighted by atomic mass is 10.2. The van der Waals surface area contributed by atoms with Crippen molar-refractivity contribution in [3.8, 4) is 0 Å². The van der Waals surface area contributed by atoms with E-state index in [4.69, 9.17) is 5.73 Å². The van der Waals surface area contributed by atoms with E-state index < -0.39 is 0 Å². The number of rotatable bonds is 7. The Morgan fingerprint density at radius 1 is 1.60 bits per heavy atom. The lowest BCUT2D eigenvalue weighted by Gasteiger charge is -2.00. The number of thiazole rings is 1. The lowest BCUT2D eigenvalue weighted by Crippen LogP contribution is -2.13. The lowest BCUT2D eigenvalue weighted by molar-refractivity contribution is -0.117. The predicted molar refractivity (Wildman–Crippen MR) is 63.0 cm³/mol. The zero-order valence-corrected chi connectivity index (χ0v) is 9.77. The molecule has 0 aliphatic rings. The normalized spacial score (nSPS) is 10.2. The molecule has 1 heterocycles. The number of carbonyl (C=O) groups excluding carboxylic acids is 1. The second kappa shape index (κ2) is 6.40. The summed E-state index contributed by atoms with van der Waals surface area (Å²) < 4.78 is 0. The Bertz CT molecular complexity index is 311. The van der Waals surface area contributed by atoms with Crippen LogP contribution in [0, 0.1) is 0 Å². The summed E-state index contributed by atoms with van der Waals surface area (Å²) in [6, 6.07) is 0. The molecule has 0 atom stereocenters. The summed E-state index contributed by atoms with van der Waals surface area (Å²) >= 11 is 1.52. The van der Waals surface area contributed by atoms with E-state index >= 15 is 0 Å². The molecule has 84 valence electrons. The molecule has 0 fully saturated rings. The van der Waals surface area contributed by atoms with Crippen LogP contribution in [-0.2, 0) is 11.2 Å². The number of hydrogen-bond acceptors (Lipinski definition) is 4. The maximum absolute atomic E-state index is 10.6. The molecule has 0 spiro atoms. The van der Waals surface area contributed by atoms with Crippen LogP contribution in [0.2, 0.25) is 0 Å². The molecule has 1 aromatic rings. The van der Waals surface area contributed by atoms with Gasteiger partial charge in [-0.15, -0.1) is 11.3 Å². The fourth-order valence-electron chi connectivity index (χ4n) is 1.22. The van der Waals surface area contributed by atoms with Gasteiger partial charge in [-0.1, -0.05) is 19.8 Å². The molecule has 0 aromatic carbocycles. The van der Waals surface area contributed by atoms with E-state index in [1.54, 1.807) is 0 Å². The fourth-order valence-corrected chi connectivity index (χ4v) is 1.96. The average molecular weight is 227 g/mol. The van der Waals surface area contributed by atoms with Crippen molar-refractivity contribution >= 4 is 22.4 Å². The first-order valence-corrected chi connectivity index (χ1v) is 6.07. The molecule has 0 unspecified atom stereocenters. The molecule has 4 nitrogen and oxygen atoms in total. The molecule has 1 rings (SSSR count). The highest BCUT2D eigenvalue weighted by Gasteiger charge is 2.03. The molecule has 1 amide bonds. The minimum atomic E-state index is -0.335. The number of nitrogens with one attached hydrogen (secondary N) is 1. The molecule has 3 N–H and O–H groups in total. The number of amides is 1. The Labute approximate surface area is 93.9 Å². The van der Waals surface area contributed by atoms with Crippen LogP contribution >= 0.6 is 11.3 Å². The SMILES string of the molecule is CCCCCNc1nc(CC(N)=O)cs1. The Kier molecular flexibility index (Phi) is 5.10. The number of primary amides is 1. The number of nitrogens with two attached hydrogens (primary N) is 1. The van der Waals surface area contributed by atoms with Crippen molar-refractivity contribution in [2.24, 2.45) is 5.73 Å². The zero-order valence-electron chi connectivity index (χ0n) is 8.95. The standard InChI is InChI=1S/C10H17N3OS/c1-2-3-4-5-12-10-13-8(7-15-10)6-9(11)14/h7H,2-6H2,1H3,(H2,11,14)(H,12,13). The maximum atomic E-state index is 10.6. The van der Waals surface area contributed by atoms with Crippen LogP contribution in [0.1, 0.15) is 31.9 Å². The third-order valence-electron chi connectivity index (χ3n) is 1.96. The summed E-state index contributed by atoms with van der Waals surface area (Å²) in [6.07, 6.45) is 3.83. The van der Waals surface area contributed by atoms with Gasteiger partial charge in [-0.2, -0.15) is 0 Å². The van der Waals surface area contributed by atoms with Gasteiger partial charge in [-0.3, -0.25) is 4.79 Å². The molecule has 0 saturated heterocycles. The van der Waals surface area contributed by atoms with Crippen LogP contribution in [0.4, 0.5) is 5.13 Å². The molecule has 0 radical (unpaired) electrons. The highest BCUT2D eigenvalue weighted by molar-refractivity contribution is 7.13. The fraction of sp³-hybridized carbons (Fsp3) is 0.600. The van der Waals surface area contributed by atoms with Gasteiger partial charge in [0.2, 0.25) is 5.91 Å². The van der Waals surface area contributed by atoms with Crippen LogP contribution in [0.25, 0.3) is 0 Å². The van der Waals surface area contributed by atoms with Crippen molar-refractivity contribution < 1.29 is 4.79 Å². The van der Waals surface area contributed by atoms with E-state index in [-0.39, 0.29) is 12.3 Å². The number of hydrogen-bond donors (Lipinski definition) is 2. The number of anilines is 1. The molecule has 0 aliphatic carbocycles. The topological polar surface area (TPSA) is 68.0 Å². The zero-order chi connectivity index (χ0) is 11.1. The van der Waals surface area contributed by atoms with Crippen LogP contribution in [0.3, 0.4) is 0 Å². The van der Waals surface area contributed by atoms with E-state index in [9.17, 15) is 4.79 Å². The number of nitrogens with zero attached hydrogens (tertiary/aromatic N) is 1. The third kappa shape index (κ3) is 4.78. The molecule has 0 saturated carbocycles. The summed E-state index contributed by atoms with van der Waals surface area (Å²) in [4.78, 5) is 14.9. The third-order valence-corrected chi connectivity index (χ3v) is 2.81. The molecule has 0 aliphatic heterocycles. The predicted octanol–water partition coefficient (Wildman–Crippen LogP) is 1.77. The number of aromatic nitrogens is 1. The minimum absolute atomic E-state index is 0.229. The first kappa shape index (κ1) is 12.0. The Hall–Kier alpha value is -1.10. The monoisotopic (exact) mass is 227 g/mol. The summed E-state index contributed by atoms with van der Waals surface area (Å²) in [7, 11) is 0. The summed E-state index contributed by atoms with van der Waals surface area (Å²) in [5.41, 5.74) is 5.83. The molecule has 1 aromatic heterocycles. The van der Waals surface area contributed by atoms with Crippen molar-refractivity contribution in [2.75, 3.05) is 11.9 Å². The van der Waals surface area contributed by atoms with E-state index in [0.29, 0.717) is 0 Å². The van der Waals surface area contributed by atoms with Crippen LogP contribution < -0.4 is 11.1 Å². The molecule has 15 heavy (non-hydrogen) atoms. The van der Waals surface area contributed by atoms with Crippen LogP contribution in [0.5, 0.6) is 0 Å². The highest BCUT2D eigenvalue weighted by atomic mass is 32.1. The number of carbonyl (C=O) groups is 1. The first-order chi connectivity index (χ1) is 7.22. The van der Waals surface area contributed by atoms with Crippen molar-refractivity contribution in [1.82, 2.24) is 4.98 Å². The quantitative estimate of drug-likeness (QED) is 0.698. The van der Waals surface area contributed by atoms with Crippen LogP contribution in [0.15, 0.2) is 5.38 Å². The van der Waals surface area contributed by atoms with Crippen LogP contribution in [-0.4, -0.2) is 17.4 Å². The van der Waals surface area contributed by atoms with Crippen molar-refractivity contribution in [2.45, 2.75) is 32.6 Å². The molecule has 0 bridgehead atoms. The van der Waals surface area contributed by atoms with Gasteiger partial charge in [0.05, 0.1) is 12.1 Å². The maximum Gasteiger partial charge on any atom is 0.223 e. The second-order valence-corrected chi connectivity index (χ2v) is 4.28. The summed E-state index contributed by atoms with van der Waals surface area (Å²) in [5, 5.41) is 5.97. The molecule has 5 heteroatoms. The van der Waals surface area contributed by atoms with Gasteiger partial charge in [0.1, 0.15) is 0 Å². The highest BCUT2D eigenvalue weighted by Crippen LogP contribution is 2.15. The van der Waals surface area contributed by atoms with Gasteiger partial charge in [-0.05, 0) is 6.42 Å². The number of unbranched alkanes of at least 4 members (excludes halogenated alkanes) is 2. The van der Waals surface area contributed by atoms with Gasteiger partial charge in [0, 0.05) is 11.9 Å². The smallest absolute Gasteiger partial charge is 0.223 e. The Balaban J connectivity index is 2.29. The van der Waals surface area contributed by atoms with Gasteiger partial charge in [0.15, 0.2) is 5.13 Å². The minimum Gasteiger partial charge on any atom is -0.369 e. The average Bonchev–Trinajstić information content (AvgIpc) is 2.59. The van der Waals surface area contributed by atoms with Gasteiger partial charge < -0.3 is 11.1 Å². The van der Waals surface area contributed by atoms with Crippen molar-refractivity contribution in [3.63, 3.8) is 0 Å². The van der Waals surface area contributed by atoms with E-state index in [0.717, 1.165) is 23.8 Å². The first-order valence-electron chi connectivity index (χ1n) is 5.19. The van der Waals surface area contributed by atoms with E-state index in [2.05, 4.69) is 17.2 Å². The van der Waals surface area contributed by atoms with Gasteiger partial charge in [0.25, 0.3) is 0 Å². The van der Waals surface area contributed by atoms with Gasteiger partial charge >= 0.3 is 0 Å². The van der Waals surface area contributed by atoms with Crippen molar-refractivity contribution in [3.05, 3.63) is 11.1 Å². The summed E-state index contributed by atoms with van der Waals surface area (Å²) in [5.74, 6) is -0.335. The second-order valence-electron chi connectivity index (χ2n) is 3.42. The Morgan fingerprint density at radius 2 is 2.40 bits per heavy atom. The molecular weight excluding hydrogens is 210 g/mol. The van der Waals surface area contributed by atoms with E-state index in [1.807, 2.05) is 5.38 Å². The Morgan fingerprint density at radius 3 is 3.07 bits per heavy atom.